The van der Waals surface area contributed by atoms with Gasteiger partial charge in [-0.25, -0.2) is 4.79 Å². The number of rotatable bonds is 1. The number of carbonyl (C=O) groups excluding carboxylic acids is 1. The number of ether oxygens (including phenoxy) is 1. The van der Waals surface area contributed by atoms with E-state index < -0.39 is 0 Å². The molecule has 2 rings (SSSR count). The van der Waals surface area contributed by atoms with E-state index in [2.05, 4.69) is 0 Å². The topological polar surface area (TPSA) is 46.5 Å². The van der Waals surface area contributed by atoms with Crippen molar-refractivity contribution in [1.29, 1.82) is 0 Å². The molecule has 0 amide bonds. The minimum absolute atomic E-state index is 0.0419. The highest BCUT2D eigenvalue weighted by atomic mass is 16.5. The lowest BCUT2D eigenvalue weighted by Crippen LogP contribution is -1.95. The molecule has 1 heterocycles. The molecule has 0 bridgehead atoms. The lowest BCUT2D eigenvalue weighted by atomic mass is 10.0. The van der Waals surface area contributed by atoms with Crippen LogP contribution in [0.3, 0.4) is 0 Å². The summed E-state index contributed by atoms with van der Waals surface area (Å²) in [4.78, 5) is 11.0. The van der Waals surface area contributed by atoms with Gasteiger partial charge in [0.2, 0.25) is 0 Å². The van der Waals surface area contributed by atoms with E-state index in [1.807, 2.05) is 0 Å². The SMILES string of the molecule is O=C1OCc2c(CO)cccc21. The zero-order valence-corrected chi connectivity index (χ0v) is 6.41. The summed E-state index contributed by atoms with van der Waals surface area (Å²) in [6.07, 6.45) is 0. The zero-order chi connectivity index (χ0) is 8.55. The standard InChI is InChI=1S/C9H8O3/c10-4-6-2-1-3-7-8(6)5-12-9(7)11/h1-3,10H,4-5H2. The van der Waals surface area contributed by atoms with E-state index >= 15 is 0 Å². The molecule has 62 valence electrons. The largest absolute Gasteiger partial charge is 0.457 e. The van der Waals surface area contributed by atoms with Crippen molar-refractivity contribution in [2.45, 2.75) is 13.2 Å². The van der Waals surface area contributed by atoms with Crippen molar-refractivity contribution in [3.05, 3.63) is 34.9 Å². The molecule has 1 aromatic carbocycles. The molecule has 1 aliphatic rings. The molecular weight excluding hydrogens is 156 g/mol. The number of benzene rings is 1. The second kappa shape index (κ2) is 2.60. The van der Waals surface area contributed by atoms with Crippen LogP contribution in [0.15, 0.2) is 18.2 Å². The summed E-state index contributed by atoms with van der Waals surface area (Å²) in [5.74, 6) is -0.291. The summed E-state index contributed by atoms with van der Waals surface area (Å²) >= 11 is 0. The number of fused-ring (bicyclic) bond motifs is 1. The van der Waals surface area contributed by atoms with Gasteiger partial charge in [-0.1, -0.05) is 12.1 Å². The zero-order valence-electron chi connectivity index (χ0n) is 6.41. The Kier molecular flexibility index (Phi) is 1.59. The highest BCUT2D eigenvalue weighted by molar-refractivity contribution is 5.93. The van der Waals surface area contributed by atoms with E-state index in [4.69, 9.17) is 9.84 Å². The van der Waals surface area contributed by atoms with Crippen molar-refractivity contribution in [1.82, 2.24) is 0 Å². The molecule has 12 heavy (non-hydrogen) atoms. The Morgan fingerprint density at radius 1 is 1.50 bits per heavy atom. The molecular formula is C9H8O3. The second-order valence-corrected chi connectivity index (χ2v) is 2.68. The summed E-state index contributed by atoms with van der Waals surface area (Å²) in [7, 11) is 0. The van der Waals surface area contributed by atoms with Gasteiger partial charge in [-0.05, 0) is 11.6 Å². The minimum Gasteiger partial charge on any atom is -0.457 e. The Balaban J connectivity index is 2.58. The van der Waals surface area contributed by atoms with Gasteiger partial charge in [0.25, 0.3) is 0 Å². The summed E-state index contributed by atoms with van der Waals surface area (Å²) in [6, 6.07) is 5.25. The maximum Gasteiger partial charge on any atom is 0.338 e. The average molecular weight is 164 g/mol. The van der Waals surface area contributed by atoms with Gasteiger partial charge in [0.15, 0.2) is 0 Å². The number of esters is 1. The van der Waals surface area contributed by atoms with Gasteiger partial charge >= 0.3 is 5.97 Å². The van der Waals surface area contributed by atoms with Gasteiger partial charge in [-0.3, -0.25) is 0 Å². The molecule has 0 radical (unpaired) electrons. The van der Waals surface area contributed by atoms with Crippen LogP contribution in [-0.2, 0) is 18.0 Å². The van der Waals surface area contributed by atoms with E-state index in [9.17, 15) is 4.79 Å². The first-order chi connectivity index (χ1) is 5.83. The van der Waals surface area contributed by atoms with Gasteiger partial charge < -0.3 is 9.84 Å². The van der Waals surface area contributed by atoms with Gasteiger partial charge in [-0.2, -0.15) is 0 Å². The number of aliphatic hydroxyl groups excluding tert-OH is 1. The molecule has 0 saturated carbocycles. The Morgan fingerprint density at radius 2 is 2.33 bits per heavy atom. The third-order valence-electron chi connectivity index (χ3n) is 2.01. The van der Waals surface area contributed by atoms with Gasteiger partial charge in [0.05, 0.1) is 12.2 Å². The van der Waals surface area contributed by atoms with Gasteiger partial charge in [0.1, 0.15) is 6.61 Å². The number of cyclic esters (lactones) is 1. The van der Waals surface area contributed by atoms with Crippen LogP contribution in [-0.4, -0.2) is 11.1 Å². The van der Waals surface area contributed by atoms with Crippen LogP contribution in [0, 0.1) is 0 Å². The lowest BCUT2D eigenvalue weighted by Gasteiger charge is -1.99. The number of hydrogen-bond donors (Lipinski definition) is 1. The van der Waals surface area contributed by atoms with Crippen LogP contribution in [0.1, 0.15) is 21.5 Å². The number of aliphatic hydroxyl groups is 1. The molecule has 0 aliphatic carbocycles. The smallest absolute Gasteiger partial charge is 0.338 e. The third kappa shape index (κ3) is 0.905. The van der Waals surface area contributed by atoms with Crippen molar-refractivity contribution in [2.24, 2.45) is 0 Å². The Bertz CT molecular complexity index is 331. The van der Waals surface area contributed by atoms with Crippen LogP contribution in [0.5, 0.6) is 0 Å². The molecule has 1 N–H and O–H groups in total. The average Bonchev–Trinajstić information content (AvgIpc) is 2.48. The third-order valence-corrected chi connectivity index (χ3v) is 2.01. The predicted octanol–water partition coefficient (Wildman–Crippen LogP) is 0.849. The second-order valence-electron chi connectivity index (χ2n) is 2.68. The van der Waals surface area contributed by atoms with Crippen LogP contribution >= 0.6 is 0 Å². The number of hydrogen-bond acceptors (Lipinski definition) is 3. The predicted molar refractivity (Wildman–Crippen MR) is 41.5 cm³/mol. The first kappa shape index (κ1) is 7.31. The van der Waals surface area contributed by atoms with Crippen molar-refractivity contribution in [3.8, 4) is 0 Å². The molecule has 0 spiro atoms. The van der Waals surface area contributed by atoms with E-state index in [1.165, 1.54) is 0 Å². The van der Waals surface area contributed by atoms with E-state index in [-0.39, 0.29) is 12.6 Å². The molecule has 1 aliphatic heterocycles. The normalized spacial score (nSPS) is 14.2. The fourth-order valence-electron chi connectivity index (χ4n) is 1.36. The summed E-state index contributed by atoms with van der Waals surface area (Å²) < 4.78 is 4.82. The van der Waals surface area contributed by atoms with E-state index in [0.29, 0.717) is 12.2 Å². The Labute approximate surface area is 69.6 Å². The molecule has 3 nitrogen and oxygen atoms in total. The lowest BCUT2D eigenvalue weighted by molar-refractivity contribution is 0.0534. The quantitative estimate of drug-likeness (QED) is 0.626. The minimum atomic E-state index is -0.291. The van der Waals surface area contributed by atoms with E-state index in [0.717, 1.165) is 11.1 Å². The van der Waals surface area contributed by atoms with Crippen LogP contribution < -0.4 is 0 Å². The van der Waals surface area contributed by atoms with Crippen molar-refractivity contribution in [2.75, 3.05) is 0 Å². The van der Waals surface area contributed by atoms with Crippen LogP contribution in [0.4, 0.5) is 0 Å². The van der Waals surface area contributed by atoms with Gasteiger partial charge in [-0.15, -0.1) is 0 Å². The molecule has 0 aromatic heterocycles. The van der Waals surface area contributed by atoms with Gasteiger partial charge in [0, 0.05) is 5.56 Å². The molecule has 0 saturated heterocycles. The van der Waals surface area contributed by atoms with Crippen molar-refractivity contribution < 1.29 is 14.6 Å². The fraction of sp³-hybridized carbons (Fsp3) is 0.222. The molecule has 3 heteroatoms. The van der Waals surface area contributed by atoms with Crippen LogP contribution in [0.2, 0.25) is 0 Å². The van der Waals surface area contributed by atoms with Crippen molar-refractivity contribution in [3.63, 3.8) is 0 Å². The van der Waals surface area contributed by atoms with Crippen LogP contribution in [0.25, 0.3) is 0 Å². The fourth-order valence-corrected chi connectivity index (χ4v) is 1.36. The molecule has 0 fully saturated rings. The first-order valence-corrected chi connectivity index (χ1v) is 3.71. The molecule has 0 unspecified atom stereocenters. The molecule has 1 aromatic rings. The highest BCUT2D eigenvalue weighted by Gasteiger charge is 2.22. The maximum atomic E-state index is 11.0. The van der Waals surface area contributed by atoms with Crippen molar-refractivity contribution >= 4 is 5.97 Å². The Morgan fingerprint density at radius 3 is 3.08 bits per heavy atom. The highest BCUT2D eigenvalue weighted by Crippen LogP contribution is 2.23. The summed E-state index contributed by atoms with van der Waals surface area (Å²) in [6.45, 7) is 0.255. The summed E-state index contributed by atoms with van der Waals surface area (Å²) in [5, 5.41) is 8.92. The summed E-state index contributed by atoms with van der Waals surface area (Å²) in [5.41, 5.74) is 2.19. The molecule has 0 atom stereocenters. The Hall–Kier alpha value is -1.35. The number of carbonyl (C=O) groups is 1. The van der Waals surface area contributed by atoms with E-state index in [1.54, 1.807) is 18.2 Å². The monoisotopic (exact) mass is 164 g/mol. The maximum absolute atomic E-state index is 11.0. The first-order valence-electron chi connectivity index (χ1n) is 3.71.